The predicted molar refractivity (Wildman–Crippen MR) is 144 cm³/mol. The first-order valence-corrected chi connectivity index (χ1v) is 13.4. The molecule has 200 valence electrons. The van der Waals surface area contributed by atoms with Crippen LogP contribution in [0.15, 0.2) is 48.8 Å². The van der Waals surface area contributed by atoms with E-state index in [0.29, 0.717) is 73.1 Å². The van der Waals surface area contributed by atoms with Crippen molar-refractivity contribution in [2.45, 2.75) is 32.1 Å². The van der Waals surface area contributed by atoms with Crippen molar-refractivity contribution < 1.29 is 19.1 Å². The van der Waals surface area contributed by atoms with E-state index in [2.05, 4.69) is 10.3 Å². The molecule has 0 bridgehead atoms. The summed E-state index contributed by atoms with van der Waals surface area (Å²) in [5.41, 5.74) is 0.974. The summed E-state index contributed by atoms with van der Waals surface area (Å²) in [6.07, 6.45) is 6.85. The molecule has 10 heteroatoms. The maximum Gasteiger partial charge on any atom is 0.274 e. The van der Waals surface area contributed by atoms with Gasteiger partial charge in [0.2, 0.25) is 5.91 Å². The average Bonchev–Trinajstić information content (AvgIpc) is 3.35. The van der Waals surface area contributed by atoms with Gasteiger partial charge in [-0.15, -0.1) is 0 Å². The fourth-order valence-corrected chi connectivity index (χ4v) is 5.57. The number of rotatable bonds is 1. The van der Waals surface area contributed by atoms with Crippen LogP contribution in [0.5, 0.6) is 5.75 Å². The van der Waals surface area contributed by atoms with Gasteiger partial charge in [-0.3, -0.25) is 14.4 Å². The molecule has 9 nitrogen and oxygen atoms in total. The van der Waals surface area contributed by atoms with Gasteiger partial charge in [0.1, 0.15) is 23.7 Å². The molecule has 3 aromatic rings. The smallest absolute Gasteiger partial charge is 0.274 e. The van der Waals surface area contributed by atoms with Crippen molar-refractivity contribution in [2.75, 3.05) is 39.8 Å². The number of carbonyl (C=O) groups excluding carboxylic acids is 3. The Labute approximate surface area is 226 Å². The van der Waals surface area contributed by atoms with Gasteiger partial charge < -0.3 is 24.3 Å². The molecule has 3 amide bonds. The van der Waals surface area contributed by atoms with Crippen LogP contribution in [0.25, 0.3) is 5.65 Å². The summed E-state index contributed by atoms with van der Waals surface area (Å²) in [6.45, 7) is 2.17. The molecular formula is C28H32ClN5O4. The van der Waals surface area contributed by atoms with Crippen molar-refractivity contribution >= 4 is 35.0 Å². The Bertz CT molecular complexity index is 1350. The van der Waals surface area contributed by atoms with Gasteiger partial charge in [-0.25, -0.2) is 4.98 Å². The van der Waals surface area contributed by atoms with Gasteiger partial charge in [-0.1, -0.05) is 30.2 Å². The molecule has 1 aromatic carbocycles. The van der Waals surface area contributed by atoms with Crippen molar-refractivity contribution in [3.8, 4) is 5.75 Å². The molecular weight excluding hydrogens is 506 g/mol. The molecule has 0 unspecified atom stereocenters. The Morgan fingerprint density at radius 3 is 2.63 bits per heavy atom. The van der Waals surface area contributed by atoms with Crippen LogP contribution in [-0.4, -0.2) is 76.7 Å². The average molecular weight is 538 g/mol. The van der Waals surface area contributed by atoms with E-state index in [0.717, 1.165) is 12.8 Å². The zero-order chi connectivity index (χ0) is 26.7. The lowest BCUT2D eigenvalue weighted by Crippen LogP contribution is -2.51. The second kappa shape index (κ2) is 11.0. The molecule has 0 aliphatic carbocycles. The molecule has 2 aliphatic rings. The Hall–Kier alpha value is -3.59. The molecule has 1 fully saturated rings. The number of nitrogens with zero attached hydrogens (tertiary/aromatic N) is 4. The van der Waals surface area contributed by atoms with Crippen LogP contribution in [0.4, 0.5) is 0 Å². The highest BCUT2D eigenvalue weighted by Gasteiger charge is 2.43. The minimum Gasteiger partial charge on any atom is -0.491 e. The number of aromatic nitrogens is 2. The van der Waals surface area contributed by atoms with E-state index in [1.165, 1.54) is 0 Å². The SMILES string of the molecule is CN1CCOc2ccccc2C(=O)NCCCCC2(CCN(C(=O)c3cn4cc(Cl)ccc4n3)CC2)C1=O. The third-order valence-corrected chi connectivity index (χ3v) is 7.85. The predicted octanol–water partition coefficient (Wildman–Crippen LogP) is 3.66. The van der Waals surface area contributed by atoms with E-state index in [1.54, 1.807) is 57.9 Å². The second-order valence-electron chi connectivity index (χ2n) is 10.1. The number of pyridine rings is 1. The van der Waals surface area contributed by atoms with Crippen LogP contribution < -0.4 is 10.1 Å². The molecule has 1 spiro atoms. The first kappa shape index (κ1) is 26.0. The number of hydrogen-bond donors (Lipinski definition) is 1. The number of hydrogen-bond acceptors (Lipinski definition) is 5. The molecule has 2 aliphatic heterocycles. The topological polar surface area (TPSA) is 96.2 Å². The Morgan fingerprint density at radius 1 is 1.03 bits per heavy atom. The van der Waals surface area contributed by atoms with E-state index < -0.39 is 5.41 Å². The van der Waals surface area contributed by atoms with Crippen molar-refractivity contribution in [3.05, 3.63) is 65.1 Å². The summed E-state index contributed by atoms with van der Waals surface area (Å²) in [7, 11) is 1.80. The number of amides is 3. The van der Waals surface area contributed by atoms with Crippen molar-refractivity contribution in [1.29, 1.82) is 0 Å². The van der Waals surface area contributed by atoms with Crippen LogP contribution >= 0.6 is 11.6 Å². The van der Waals surface area contributed by atoms with Gasteiger partial charge in [0.25, 0.3) is 11.8 Å². The summed E-state index contributed by atoms with van der Waals surface area (Å²) in [5.74, 6) is 0.303. The Balaban J connectivity index is 1.28. The monoisotopic (exact) mass is 537 g/mol. The second-order valence-corrected chi connectivity index (χ2v) is 10.5. The maximum absolute atomic E-state index is 13.8. The van der Waals surface area contributed by atoms with Gasteiger partial charge in [0.15, 0.2) is 0 Å². The first-order valence-electron chi connectivity index (χ1n) is 13.1. The maximum atomic E-state index is 13.8. The van der Waals surface area contributed by atoms with Gasteiger partial charge in [-0.2, -0.15) is 0 Å². The van der Waals surface area contributed by atoms with Crippen LogP contribution in [-0.2, 0) is 4.79 Å². The largest absolute Gasteiger partial charge is 0.491 e. The third-order valence-electron chi connectivity index (χ3n) is 7.63. The quantitative estimate of drug-likeness (QED) is 0.511. The van der Waals surface area contributed by atoms with E-state index in [-0.39, 0.29) is 24.3 Å². The van der Waals surface area contributed by atoms with Gasteiger partial charge in [0, 0.05) is 39.1 Å². The van der Waals surface area contributed by atoms with Gasteiger partial charge in [0.05, 0.1) is 22.5 Å². The zero-order valence-corrected chi connectivity index (χ0v) is 22.2. The standard InChI is InChI=1S/C28H32ClN5O4/c1-32-16-17-38-23-7-3-2-6-21(23)25(35)30-13-5-4-10-28(27(32)37)11-14-33(15-12-28)26(36)22-19-34-18-20(29)8-9-24(34)31-22/h2-3,6-9,18-19H,4-5,10-17H2,1H3,(H,30,35). The molecule has 0 radical (unpaired) electrons. The van der Waals surface area contributed by atoms with E-state index in [1.807, 2.05) is 12.1 Å². The normalized spacial score (nSPS) is 19.0. The minimum atomic E-state index is -0.552. The fraction of sp³-hybridized carbons (Fsp3) is 0.429. The number of piperidine rings is 1. The summed E-state index contributed by atoms with van der Waals surface area (Å²) < 4.78 is 7.65. The van der Waals surface area contributed by atoms with Crippen LogP contribution in [0.3, 0.4) is 0 Å². The number of carbonyl (C=O) groups is 3. The summed E-state index contributed by atoms with van der Waals surface area (Å²) in [4.78, 5) is 47.6. The lowest BCUT2D eigenvalue weighted by molar-refractivity contribution is -0.144. The number of benzene rings is 1. The minimum absolute atomic E-state index is 0.0879. The molecule has 2 aromatic heterocycles. The summed E-state index contributed by atoms with van der Waals surface area (Å²) >= 11 is 6.07. The van der Waals surface area contributed by atoms with Crippen LogP contribution in [0, 0.1) is 5.41 Å². The molecule has 1 N–H and O–H groups in total. The molecule has 4 heterocycles. The third kappa shape index (κ3) is 5.34. The number of halogens is 1. The highest BCUT2D eigenvalue weighted by Crippen LogP contribution is 2.39. The molecule has 5 rings (SSSR count). The number of nitrogens with one attached hydrogen (secondary N) is 1. The number of para-hydroxylation sites is 1. The lowest BCUT2D eigenvalue weighted by Gasteiger charge is -2.42. The van der Waals surface area contributed by atoms with Crippen molar-refractivity contribution in [2.24, 2.45) is 5.41 Å². The Kier molecular flexibility index (Phi) is 7.56. The Morgan fingerprint density at radius 2 is 1.82 bits per heavy atom. The van der Waals surface area contributed by atoms with Gasteiger partial charge >= 0.3 is 0 Å². The van der Waals surface area contributed by atoms with Crippen LogP contribution in [0.1, 0.15) is 53.0 Å². The van der Waals surface area contributed by atoms with Crippen molar-refractivity contribution in [3.63, 3.8) is 0 Å². The fourth-order valence-electron chi connectivity index (χ4n) is 5.40. The highest BCUT2D eigenvalue weighted by molar-refractivity contribution is 6.30. The molecule has 1 saturated heterocycles. The number of likely N-dealkylation sites (tertiary alicyclic amines) is 1. The highest BCUT2D eigenvalue weighted by atomic mass is 35.5. The molecule has 0 atom stereocenters. The molecule has 38 heavy (non-hydrogen) atoms. The van der Waals surface area contributed by atoms with Crippen LogP contribution in [0.2, 0.25) is 5.02 Å². The summed E-state index contributed by atoms with van der Waals surface area (Å²) in [6, 6.07) is 10.7. The lowest BCUT2D eigenvalue weighted by atomic mass is 9.73. The van der Waals surface area contributed by atoms with Crippen molar-refractivity contribution in [1.82, 2.24) is 24.5 Å². The summed E-state index contributed by atoms with van der Waals surface area (Å²) in [5, 5.41) is 3.54. The van der Waals surface area contributed by atoms with E-state index in [9.17, 15) is 14.4 Å². The molecule has 0 saturated carbocycles. The number of ether oxygens (including phenoxy) is 1. The zero-order valence-electron chi connectivity index (χ0n) is 21.5. The van der Waals surface area contributed by atoms with E-state index >= 15 is 0 Å². The number of fused-ring (bicyclic) bond motifs is 2. The number of imidazole rings is 1. The number of likely N-dealkylation sites (N-methyl/N-ethyl adjacent to an activating group) is 1. The van der Waals surface area contributed by atoms with Gasteiger partial charge in [-0.05, 0) is 49.9 Å². The first-order chi connectivity index (χ1) is 18.4. The van der Waals surface area contributed by atoms with E-state index in [4.69, 9.17) is 16.3 Å².